The summed E-state index contributed by atoms with van der Waals surface area (Å²) in [6.07, 6.45) is 2.22. The molecule has 7 heteroatoms. The summed E-state index contributed by atoms with van der Waals surface area (Å²) in [6, 6.07) is 18.6. The lowest BCUT2D eigenvalue weighted by Gasteiger charge is -2.14. The number of carbonyl (C=O) groups is 1. The average molecular weight is 430 g/mol. The van der Waals surface area contributed by atoms with Crippen LogP contribution in [-0.2, 0) is 19.6 Å². The molecule has 0 fully saturated rings. The van der Waals surface area contributed by atoms with Gasteiger partial charge in [0.25, 0.3) is 5.56 Å². The Labute approximate surface area is 184 Å². The quantitative estimate of drug-likeness (QED) is 0.512. The number of pyridine rings is 1. The molecule has 1 N–H and O–H groups in total. The van der Waals surface area contributed by atoms with Gasteiger partial charge in [-0.05, 0) is 42.7 Å². The molecule has 7 nitrogen and oxygen atoms in total. The summed E-state index contributed by atoms with van der Waals surface area (Å²) in [7, 11) is 0. The van der Waals surface area contributed by atoms with Gasteiger partial charge in [-0.1, -0.05) is 30.3 Å². The Morgan fingerprint density at radius 2 is 1.94 bits per heavy atom. The van der Waals surface area contributed by atoms with E-state index in [0.29, 0.717) is 30.2 Å². The monoisotopic (exact) mass is 430 g/mol. The van der Waals surface area contributed by atoms with E-state index in [1.807, 2.05) is 48.5 Å². The summed E-state index contributed by atoms with van der Waals surface area (Å²) < 4.78 is 13.3. The summed E-state index contributed by atoms with van der Waals surface area (Å²) in [5, 5.41) is 10.3. The molecule has 0 unspecified atom stereocenters. The van der Waals surface area contributed by atoms with Gasteiger partial charge in [-0.15, -0.1) is 0 Å². The first-order chi connectivity index (χ1) is 15.6. The summed E-state index contributed by atoms with van der Waals surface area (Å²) in [5.41, 5.74) is 3.27. The lowest BCUT2D eigenvalue weighted by molar-refractivity contribution is 0.140. The Kier molecular flexibility index (Phi) is 5.15. The van der Waals surface area contributed by atoms with Gasteiger partial charge in [0, 0.05) is 35.4 Å². The third kappa shape index (κ3) is 3.85. The maximum Gasteiger partial charge on any atom is 0.407 e. The Morgan fingerprint density at radius 3 is 2.72 bits per heavy atom. The number of furan rings is 1. The maximum atomic E-state index is 12.8. The van der Waals surface area contributed by atoms with E-state index in [2.05, 4.69) is 0 Å². The minimum Gasteiger partial charge on any atom is -0.489 e. The number of fused-ring (bicyclic) bond motifs is 3. The molecule has 0 aliphatic carbocycles. The second-order valence-corrected chi connectivity index (χ2v) is 7.84. The zero-order valence-electron chi connectivity index (χ0n) is 17.4. The van der Waals surface area contributed by atoms with E-state index in [1.165, 1.54) is 11.0 Å². The summed E-state index contributed by atoms with van der Waals surface area (Å²) >= 11 is 0. The average Bonchev–Trinajstić information content (AvgIpc) is 2.99. The van der Waals surface area contributed by atoms with Gasteiger partial charge in [0.1, 0.15) is 23.7 Å². The highest BCUT2D eigenvalue weighted by atomic mass is 16.5. The topological polar surface area (TPSA) is 84.9 Å². The standard InChI is InChI=1S/C25H22N2O5/c28-24-14-19(31-16-17-5-2-1-3-6-17)10-12-27(24)18-8-9-22-21(13-18)20-7-4-11-26(25(29)30)15-23(20)32-22/h1-3,5-6,8-10,12-14H,4,7,11,15-16H2,(H,29,30). The molecule has 5 rings (SSSR count). The first-order valence-corrected chi connectivity index (χ1v) is 10.5. The largest absolute Gasteiger partial charge is 0.489 e. The number of nitrogens with zero attached hydrogens (tertiary/aromatic N) is 2. The van der Waals surface area contributed by atoms with Crippen LogP contribution >= 0.6 is 0 Å². The molecule has 4 aromatic rings. The summed E-state index contributed by atoms with van der Waals surface area (Å²) in [5.74, 6) is 1.19. The third-order valence-corrected chi connectivity index (χ3v) is 5.74. The van der Waals surface area contributed by atoms with E-state index >= 15 is 0 Å². The fourth-order valence-corrected chi connectivity index (χ4v) is 4.11. The highest BCUT2D eigenvalue weighted by Gasteiger charge is 2.23. The van der Waals surface area contributed by atoms with Crippen molar-refractivity contribution in [2.75, 3.05) is 6.54 Å². The van der Waals surface area contributed by atoms with Crippen LogP contribution < -0.4 is 10.3 Å². The minimum atomic E-state index is -0.944. The molecular formula is C25H22N2O5. The lowest BCUT2D eigenvalue weighted by Crippen LogP contribution is -2.28. The van der Waals surface area contributed by atoms with Gasteiger partial charge in [0.2, 0.25) is 0 Å². The normalized spacial score (nSPS) is 13.6. The van der Waals surface area contributed by atoms with Crippen molar-refractivity contribution < 1.29 is 19.1 Å². The predicted molar refractivity (Wildman–Crippen MR) is 119 cm³/mol. The molecule has 32 heavy (non-hydrogen) atoms. The van der Waals surface area contributed by atoms with Gasteiger partial charge < -0.3 is 19.2 Å². The van der Waals surface area contributed by atoms with Crippen molar-refractivity contribution >= 4 is 17.1 Å². The van der Waals surface area contributed by atoms with Crippen LogP contribution in [0.25, 0.3) is 16.7 Å². The van der Waals surface area contributed by atoms with E-state index in [1.54, 1.807) is 16.8 Å². The van der Waals surface area contributed by atoms with Crippen molar-refractivity contribution in [1.29, 1.82) is 0 Å². The number of amides is 1. The van der Waals surface area contributed by atoms with Crippen LogP contribution in [0.5, 0.6) is 5.75 Å². The molecule has 0 saturated heterocycles. The van der Waals surface area contributed by atoms with E-state index in [-0.39, 0.29) is 12.1 Å². The van der Waals surface area contributed by atoms with Crippen LogP contribution in [-0.4, -0.2) is 27.2 Å². The van der Waals surface area contributed by atoms with Crippen molar-refractivity contribution in [3.63, 3.8) is 0 Å². The SMILES string of the molecule is O=C(O)N1CCCc2c(oc3ccc(-n4ccc(OCc5ccccc5)cc4=O)cc23)C1. The number of ether oxygens (including phenoxy) is 1. The van der Waals surface area contributed by atoms with E-state index in [9.17, 15) is 14.7 Å². The number of rotatable bonds is 4. The number of benzene rings is 2. The number of carboxylic acid groups (broad SMARTS) is 1. The number of hydrogen-bond acceptors (Lipinski definition) is 4. The fourth-order valence-electron chi connectivity index (χ4n) is 4.11. The highest BCUT2D eigenvalue weighted by molar-refractivity contribution is 5.84. The first kappa shape index (κ1) is 19.9. The second kappa shape index (κ2) is 8.26. The van der Waals surface area contributed by atoms with Gasteiger partial charge in [0.05, 0.1) is 6.54 Å². The van der Waals surface area contributed by atoms with Gasteiger partial charge in [-0.3, -0.25) is 9.36 Å². The van der Waals surface area contributed by atoms with Crippen LogP contribution in [0, 0.1) is 0 Å². The van der Waals surface area contributed by atoms with Crippen molar-refractivity contribution in [1.82, 2.24) is 9.47 Å². The molecule has 0 saturated carbocycles. The third-order valence-electron chi connectivity index (χ3n) is 5.74. The molecule has 0 spiro atoms. The van der Waals surface area contributed by atoms with Crippen LogP contribution in [0.4, 0.5) is 4.79 Å². The van der Waals surface area contributed by atoms with Crippen LogP contribution in [0.2, 0.25) is 0 Å². The second-order valence-electron chi connectivity index (χ2n) is 7.84. The van der Waals surface area contributed by atoms with Crippen LogP contribution in [0.15, 0.2) is 76.1 Å². The van der Waals surface area contributed by atoms with E-state index in [4.69, 9.17) is 9.15 Å². The molecule has 0 atom stereocenters. The highest BCUT2D eigenvalue weighted by Crippen LogP contribution is 2.31. The summed E-state index contributed by atoms with van der Waals surface area (Å²) in [4.78, 5) is 25.5. The zero-order valence-corrected chi connectivity index (χ0v) is 17.4. The van der Waals surface area contributed by atoms with Crippen molar-refractivity contribution in [2.24, 2.45) is 0 Å². The van der Waals surface area contributed by atoms with E-state index in [0.717, 1.165) is 35.0 Å². The Balaban J connectivity index is 1.43. The lowest BCUT2D eigenvalue weighted by atomic mass is 10.1. The molecular weight excluding hydrogens is 408 g/mol. The molecule has 162 valence electrons. The fraction of sp³-hybridized carbons (Fsp3) is 0.200. The van der Waals surface area contributed by atoms with Crippen molar-refractivity contribution in [3.05, 3.63) is 94.1 Å². The van der Waals surface area contributed by atoms with Gasteiger partial charge in [-0.2, -0.15) is 0 Å². The minimum absolute atomic E-state index is 0.193. The number of hydrogen-bond donors (Lipinski definition) is 1. The molecule has 1 aliphatic rings. The number of aromatic nitrogens is 1. The Morgan fingerprint density at radius 1 is 1.09 bits per heavy atom. The number of aryl methyl sites for hydroxylation is 1. The Hall–Kier alpha value is -4.00. The molecule has 2 aromatic carbocycles. The van der Waals surface area contributed by atoms with Crippen molar-refractivity contribution in [2.45, 2.75) is 26.0 Å². The van der Waals surface area contributed by atoms with E-state index < -0.39 is 6.09 Å². The first-order valence-electron chi connectivity index (χ1n) is 10.5. The van der Waals surface area contributed by atoms with Gasteiger partial charge in [-0.25, -0.2) is 4.79 Å². The molecule has 1 aliphatic heterocycles. The van der Waals surface area contributed by atoms with Crippen molar-refractivity contribution in [3.8, 4) is 11.4 Å². The predicted octanol–water partition coefficient (Wildman–Crippen LogP) is 4.59. The van der Waals surface area contributed by atoms with Gasteiger partial charge in [0.15, 0.2) is 0 Å². The summed E-state index contributed by atoms with van der Waals surface area (Å²) in [6.45, 7) is 1.11. The molecule has 3 heterocycles. The maximum absolute atomic E-state index is 12.8. The molecule has 0 bridgehead atoms. The van der Waals surface area contributed by atoms with Crippen LogP contribution in [0.1, 0.15) is 23.3 Å². The molecule has 0 radical (unpaired) electrons. The Bertz CT molecular complexity index is 1340. The molecule has 2 aromatic heterocycles. The van der Waals surface area contributed by atoms with Crippen LogP contribution in [0.3, 0.4) is 0 Å². The smallest absolute Gasteiger partial charge is 0.407 e. The van der Waals surface area contributed by atoms with Gasteiger partial charge >= 0.3 is 6.09 Å². The molecule has 1 amide bonds. The zero-order chi connectivity index (χ0) is 22.1.